The highest BCUT2D eigenvalue weighted by Gasteiger charge is 2.26. The fraction of sp³-hybridized carbons (Fsp3) is 0.571. The number of ketones is 1. The van der Waals surface area contributed by atoms with Crippen LogP contribution in [0.15, 0.2) is 12.2 Å². The van der Waals surface area contributed by atoms with Crippen molar-refractivity contribution in [1.82, 2.24) is 9.80 Å². The number of ether oxygens (including phenoxy) is 1. The lowest BCUT2D eigenvalue weighted by Gasteiger charge is -2.20. The monoisotopic (exact) mass is 296 g/mol. The van der Waals surface area contributed by atoms with Crippen LogP contribution in [0.4, 0.5) is 0 Å². The largest absolute Gasteiger partial charge is 0.361 e. The van der Waals surface area contributed by atoms with Crippen LogP contribution in [0.1, 0.15) is 20.3 Å². The van der Waals surface area contributed by atoms with Crippen molar-refractivity contribution in [2.45, 2.75) is 20.3 Å². The average Bonchev–Trinajstić information content (AvgIpc) is 2.74. The fourth-order valence-electron chi connectivity index (χ4n) is 1.58. The van der Waals surface area contributed by atoms with Crippen LogP contribution in [0.2, 0.25) is 0 Å². The van der Waals surface area contributed by atoms with E-state index in [0.29, 0.717) is 6.42 Å². The van der Waals surface area contributed by atoms with Gasteiger partial charge in [-0.05, 0) is 0 Å². The van der Waals surface area contributed by atoms with Crippen LogP contribution >= 0.6 is 0 Å². The van der Waals surface area contributed by atoms with Gasteiger partial charge in [-0.15, -0.1) is 0 Å². The summed E-state index contributed by atoms with van der Waals surface area (Å²) in [6.07, 6.45) is 2.56. The highest BCUT2D eigenvalue weighted by Crippen LogP contribution is 2.04. The Hall–Kier alpha value is -2.02. The van der Waals surface area contributed by atoms with Gasteiger partial charge in [-0.1, -0.05) is 13.8 Å². The molecule has 1 aliphatic rings. The van der Waals surface area contributed by atoms with Crippen molar-refractivity contribution in [3.05, 3.63) is 12.2 Å². The minimum absolute atomic E-state index is 0.00780. The van der Waals surface area contributed by atoms with Crippen molar-refractivity contribution in [2.24, 2.45) is 5.92 Å². The van der Waals surface area contributed by atoms with Crippen LogP contribution in [0.25, 0.3) is 0 Å². The molecule has 0 spiro atoms. The SMILES string of the molecule is CC(C)C(=O)CCOCN(C)C(=O)CN1C(=O)C=CC1=O. The van der Waals surface area contributed by atoms with Gasteiger partial charge in [0.1, 0.15) is 19.1 Å². The first kappa shape index (κ1) is 17.0. The molecule has 0 fully saturated rings. The summed E-state index contributed by atoms with van der Waals surface area (Å²) in [7, 11) is 1.51. The molecule has 0 aliphatic carbocycles. The maximum absolute atomic E-state index is 11.8. The van der Waals surface area contributed by atoms with Crippen LogP contribution in [-0.2, 0) is 23.9 Å². The number of likely N-dealkylation sites (N-methyl/N-ethyl adjacent to an activating group) is 1. The summed E-state index contributed by atoms with van der Waals surface area (Å²) in [5.41, 5.74) is 0. The lowest BCUT2D eigenvalue weighted by molar-refractivity contribution is -0.146. The summed E-state index contributed by atoms with van der Waals surface area (Å²) in [5, 5.41) is 0. The van der Waals surface area contributed by atoms with E-state index >= 15 is 0 Å². The van der Waals surface area contributed by atoms with Gasteiger partial charge < -0.3 is 9.64 Å². The van der Waals surface area contributed by atoms with Crippen molar-refractivity contribution in [3.8, 4) is 0 Å². The highest BCUT2D eigenvalue weighted by atomic mass is 16.5. The van der Waals surface area contributed by atoms with Crippen molar-refractivity contribution in [3.63, 3.8) is 0 Å². The molecule has 0 unspecified atom stereocenters. The number of amides is 3. The molecule has 3 amide bonds. The Bertz CT molecular complexity index is 452. The van der Waals surface area contributed by atoms with E-state index in [2.05, 4.69) is 0 Å². The number of rotatable bonds is 8. The molecular weight excluding hydrogens is 276 g/mol. The Morgan fingerprint density at radius 2 is 1.81 bits per heavy atom. The molecule has 0 radical (unpaired) electrons. The second-order valence-electron chi connectivity index (χ2n) is 5.10. The van der Waals surface area contributed by atoms with Crippen molar-refractivity contribution in [2.75, 3.05) is 26.9 Å². The zero-order chi connectivity index (χ0) is 16.0. The standard InChI is InChI=1S/C14H20N2O5/c1-10(2)11(17)6-7-21-9-15(3)14(20)8-16-12(18)4-5-13(16)19/h4-5,10H,6-9H2,1-3H3. The Morgan fingerprint density at radius 3 is 2.33 bits per heavy atom. The van der Waals surface area contributed by atoms with Gasteiger partial charge in [0.25, 0.3) is 11.8 Å². The number of imide groups is 1. The first-order valence-corrected chi connectivity index (χ1v) is 6.71. The molecular formula is C14H20N2O5. The summed E-state index contributed by atoms with van der Waals surface area (Å²) < 4.78 is 5.24. The van der Waals surface area contributed by atoms with Crippen LogP contribution in [0.3, 0.4) is 0 Å². The number of carbonyl (C=O) groups excluding carboxylic acids is 4. The average molecular weight is 296 g/mol. The topological polar surface area (TPSA) is 84.0 Å². The van der Waals surface area contributed by atoms with E-state index in [4.69, 9.17) is 4.74 Å². The number of nitrogens with zero attached hydrogens (tertiary/aromatic N) is 2. The molecule has 0 bridgehead atoms. The van der Waals surface area contributed by atoms with E-state index in [1.165, 1.54) is 11.9 Å². The lowest BCUT2D eigenvalue weighted by Crippen LogP contribution is -2.42. The Kier molecular flexibility index (Phi) is 6.23. The summed E-state index contributed by atoms with van der Waals surface area (Å²) in [6.45, 7) is 3.56. The highest BCUT2D eigenvalue weighted by molar-refractivity contribution is 6.14. The molecule has 1 rings (SSSR count). The first-order chi connectivity index (χ1) is 9.82. The quantitative estimate of drug-likeness (QED) is 0.356. The number of hydrogen-bond acceptors (Lipinski definition) is 5. The van der Waals surface area contributed by atoms with Gasteiger partial charge in [-0.2, -0.15) is 0 Å². The third kappa shape index (κ3) is 5.11. The summed E-state index contributed by atoms with van der Waals surface area (Å²) in [5.74, 6) is -1.33. The molecule has 116 valence electrons. The van der Waals surface area contributed by atoms with E-state index in [0.717, 1.165) is 17.1 Å². The van der Waals surface area contributed by atoms with Crippen molar-refractivity contribution < 1.29 is 23.9 Å². The molecule has 0 N–H and O–H groups in total. The summed E-state index contributed by atoms with van der Waals surface area (Å²) in [4.78, 5) is 48.0. The summed E-state index contributed by atoms with van der Waals surface area (Å²) >= 11 is 0. The minimum Gasteiger partial charge on any atom is -0.361 e. The van der Waals surface area contributed by atoms with Gasteiger partial charge >= 0.3 is 0 Å². The smallest absolute Gasteiger partial charge is 0.254 e. The molecule has 7 nitrogen and oxygen atoms in total. The molecule has 0 aromatic carbocycles. The Morgan fingerprint density at radius 1 is 1.24 bits per heavy atom. The lowest BCUT2D eigenvalue weighted by atomic mass is 10.1. The van der Waals surface area contributed by atoms with Crippen LogP contribution < -0.4 is 0 Å². The molecule has 7 heteroatoms. The Labute approximate surface area is 123 Å². The third-order valence-electron chi connectivity index (χ3n) is 3.04. The van der Waals surface area contributed by atoms with Gasteiger partial charge in [-0.3, -0.25) is 24.1 Å². The maximum atomic E-state index is 11.8. The minimum atomic E-state index is -0.495. The molecule has 0 saturated heterocycles. The van der Waals surface area contributed by atoms with Gasteiger partial charge in [-0.25, -0.2) is 0 Å². The molecule has 1 aliphatic heterocycles. The van der Waals surface area contributed by atoms with Crippen molar-refractivity contribution in [1.29, 1.82) is 0 Å². The summed E-state index contributed by atoms with van der Waals surface area (Å²) in [6, 6.07) is 0. The fourth-order valence-corrected chi connectivity index (χ4v) is 1.58. The molecule has 0 saturated carbocycles. The van der Waals surface area contributed by atoms with Crippen LogP contribution in [0.5, 0.6) is 0 Å². The second-order valence-corrected chi connectivity index (χ2v) is 5.10. The number of hydrogen-bond donors (Lipinski definition) is 0. The van der Waals surface area contributed by atoms with E-state index in [1.54, 1.807) is 0 Å². The van der Waals surface area contributed by atoms with Gasteiger partial charge in [0.15, 0.2) is 0 Å². The van der Waals surface area contributed by atoms with E-state index in [1.807, 2.05) is 13.8 Å². The molecule has 21 heavy (non-hydrogen) atoms. The molecule has 0 aromatic rings. The van der Waals surface area contributed by atoms with E-state index < -0.39 is 17.7 Å². The molecule has 0 atom stereocenters. The van der Waals surface area contributed by atoms with E-state index in [9.17, 15) is 19.2 Å². The maximum Gasteiger partial charge on any atom is 0.254 e. The number of carbonyl (C=O) groups is 4. The predicted molar refractivity (Wildman–Crippen MR) is 73.9 cm³/mol. The normalized spacial score (nSPS) is 14.2. The second kappa shape index (κ2) is 7.68. The van der Waals surface area contributed by atoms with Crippen LogP contribution in [-0.4, -0.2) is 60.2 Å². The first-order valence-electron chi connectivity index (χ1n) is 6.71. The van der Waals surface area contributed by atoms with Gasteiger partial charge in [0, 0.05) is 31.5 Å². The van der Waals surface area contributed by atoms with Crippen LogP contribution in [0, 0.1) is 5.92 Å². The van der Waals surface area contributed by atoms with Crippen molar-refractivity contribution >= 4 is 23.5 Å². The van der Waals surface area contributed by atoms with E-state index in [-0.39, 0.29) is 31.6 Å². The Balaban J connectivity index is 2.27. The van der Waals surface area contributed by atoms with Gasteiger partial charge in [0.2, 0.25) is 5.91 Å². The number of Topliss-reactive ketones (excluding diaryl/α,β-unsaturated/α-hetero) is 1. The molecule has 1 heterocycles. The third-order valence-corrected chi connectivity index (χ3v) is 3.04. The van der Waals surface area contributed by atoms with Gasteiger partial charge in [0.05, 0.1) is 6.61 Å². The molecule has 0 aromatic heterocycles. The predicted octanol–water partition coefficient (Wildman–Crippen LogP) is -0.0409. The zero-order valence-corrected chi connectivity index (χ0v) is 12.5. The zero-order valence-electron chi connectivity index (χ0n) is 12.5.